The largest absolute Gasteiger partial charge is 0.497 e. The van der Waals surface area contributed by atoms with Gasteiger partial charge in [0.1, 0.15) is 5.75 Å². The summed E-state index contributed by atoms with van der Waals surface area (Å²) in [5, 5.41) is 12.5. The number of nitrogens with zero attached hydrogens (tertiary/aromatic N) is 3. The monoisotopic (exact) mass is 444 g/mol. The number of hydrazone groups is 1. The molecule has 6 nitrogen and oxygen atoms in total. The number of ether oxygens (including phenoxy) is 1. The fourth-order valence-corrected chi connectivity index (χ4v) is 5.00. The van der Waals surface area contributed by atoms with Gasteiger partial charge in [-0.15, -0.1) is 10.2 Å². The minimum atomic E-state index is -0.184. The molecular weight excluding hydrogens is 424 g/mol. The van der Waals surface area contributed by atoms with Crippen molar-refractivity contribution in [3.8, 4) is 5.75 Å². The second-order valence-electron chi connectivity index (χ2n) is 5.86. The topological polar surface area (TPSA) is 76.5 Å². The zero-order valence-electron chi connectivity index (χ0n) is 16.0. The molecule has 1 amide bonds. The second kappa shape index (κ2) is 11.0. The lowest BCUT2D eigenvalue weighted by molar-refractivity contribution is -0.118. The summed E-state index contributed by atoms with van der Waals surface area (Å²) in [5.41, 5.74) is 5.47. The number of amides is 1. The highest BCUT2D eigenvalue weighted by Gasteiger charge is 2.09. The van der Waals surface area contributed by atoms with Gasteiger partial charge in [-0.2, -0.15) is 5.10 Å². The Hall–Kier alpha value is -2.36. The molecule has 150 valence electrons. The van der Waals surface area contributed by atoms with Gasteiger partial charge in [0.15, 0.2) is 8.68 Å². The molecule has 0 fully saturated rings. The Balaban J connectivity index is 1.43. The second-order valence-corrected chi connectivity index (χ2v) is 9.28. The summed E-state index contributed by atoms with van der Waals surface area (Å²) < 4.78 is 6.80. The minimum absolute atomic E-state index is 0.184. The molecule has 0 saturated carbocycles. The zero-order chi connectivity index (χ0) is 20.5. The van der Waals surface area contributed by atoms with Crippen LogP contribution in [0.5, 0.6) is 5.75 Å². The Morgan fingerprint density at radius 2 is 1.76 bits per heavy atom. The van der Waals surface area contributed by atoms with E-state index in [-0.39, 0.29) is 11.7 Å². The third-order valence-electron chi connectivity index (χ3n) is 3.78. The van der Waals surface area contributed by atoms with Crippen molar-refractivity contribution in [2.24, 2.45) is 5.10 Å². The van der Waals surface area contributed by atoms with Crippen LogP contribution in [0.2, 0.25) is 0 Å². The number of rotatable bonds is 9. The van der Waals surface area contributed by atoms with Gasteiger partial charge in [0.25, 0.3) is 5.91 Å². The lowest BCUT2D eigenvalue weighted by Crippen LogP contribution is -2.21. The highest BCUT2D eigenvalue weighted by molar-refractivity contribution is 8.03. The van der Waals surface area contributed by atoms with E-state index < -0.39 is 0 Å². The third-order valence-corrected chi connectivity index (χ3v) is 7.04. The first-order valence-corrected chi connectivity index (χ1v) is 11.5. The molecular formula is C20H20N4O2S3. The van der Waals surface area contributed by atoms with Gasteiger partial charge in [-0.3, -0.25) is 4.79 Å². The maximum atomic E-state index is 12.1. The highest BCUT2D eigenvalue weighted by atomic mass is 32.2. The Labute approximate surface area is 182 Å². The fraction of sp³-hybridized carbons (Fsp3) is 0.200. The molecule has 9 heteroatoms. The van der Waals surface area contributed by atoms with Crippen molar-refractivity contribution in [1.82, 2.24) is 15.6 Å². The SMILES string of the molecule is COc1ccc(/C(C)=N\NC(=O)CSc2nnc(SCc3ccccc3)s2)cc1. The number of carbonyl (C=O) groups excluding carboxylic acids is 1. The smallest absolute Gasteiger partial charge is 0.250 e. The summed E-state index contributed by atoms with van der Waals surface area (Å²) in [4.78, 5) is 12.1. The summed E-state index contributed by atoms with van der Waals surface area (Å²) in [7, 11) is 1.62. The van der Waals surface area contributed by atoms with E-state index >= 15 is 0 Å². The molecule has 0 aliphatic rings. The molecule has 29 heavy (non-hydrogen) atoms. The quantitative estimate of drug-likeness (QED) is 0.298. The molecule has 0 saturated heterocycles. The Morgan fingerprint density at radius 1 is 1.07 bits per heavy atom. The van der Waals surface area contributed by atoms with Crippen LogP contribution in [0.15, 0.2) is 68.4 Å². The number of hydrogen-bond acceptors (Lipinski definition) is 8. The van der Waals surface area contributed by atoms with Crippen LogP contribution < -0.4 is 10.2 Å². The summed E-state index contributed by atoms with van der Waals surface area (Å²) in [5.74, 6) is 1.68. The highest BCUT2D eigenvalue weighted by Crippen LogP contribution is 2.30. The van der Waals surface area contributed by atoms with Crippen molar-refractivity contribution in [3.63, 3.8) is 0 Å². The number of aromatic nitrogens is 2. The van der Waals surface area contributed by atoms with Crippen LogP contribution in [0, 0.1) is 0 Å². The van der Waals surface area contributed by atoms with E-state index in [1.807, 2.05) is 49.4 Å². The Morgan fingerprint density at radius 3 is 2.45 bits per heavy atom. The fourth-order valence-electron chi connectivity index (χ4n) is 2.24. The van der Waals surface area contributed by atoms with Gasteiger partial charge in [0, 0.05) is 5.75 Å². The van der Waals surface area contributed by atoms with Gasteiger partial charge in [-0.1, -0.05) is 65.2 Å². The molecule has 0 unspecified atom stereocenters. The van der Waals surface area contributed by atoms with Crippen LogP contribution in [-0.2, 0) is 10.5 Å². The molecule has 1 N–H and O–H groups in total. The van der Waals surface area contributed by atoms with Crippen LogP contribution in [0.25, 0.3) is 0 Å². The van der Waals surface area contributed by atoms with Gasteiger partial charge in [-0.25, -0.2) is 5.43 Å². The van der Waals surface area contributed by atoms with Crippen molar-refractivity contribution >= 4 is 46.5 Å². The number of carbonyl (C=O) groups is 1. The van der Waals surface area contributed by atoms with E-state index in [9.17, 15) is 4.79 Å². The zero-order valence-corrected chi connectivity index (χ0v) is 18.4. The Bertz CT molecular complexity index is 959. The number of nitrogens with one attached hydrogen (secondary N) is 1. The van der Waals surface area contributed by atoms with Crippen LogP contribution >= 0.6 is 34.9 Å². The predicted octanol–water partition coefficient (Wildman–Crippen LogP) is 4.47. The first-order chi connectivity index (χ1) is 14.1. The van der Waals surface area contributed by atoms with Gasteiger partial charge in [0.2, 0.25) is 0 Å². The lowest BCUT2D eigenvalue weighted by atomic mass is 10.1. The van der Waals surface area contributed by atoms with E-state index in [4.69, 9.17) is 4.74 Å². The number of methoxy groups -OCH3 is 1. The molecule has 3 rings (SSSR count). The summed E-state index contributed by atoms with van der Waals surface area (Å²) in [6.07, 6.45) is 0. The normalized spacial score (nSPS) is 11.3. The molecule has 0 atom stereocenters. The van der Waals surface area contributed by atoms with Crippen LogP contribution in [0.1, 0.15) is 18.1 Å². The maximum absolute atomic E-state index is 12.1. The maximum Gasteiger partial charge on any atom is 0.250 e. The molecule has 2 aromatic carbocycles. The third kappa shape index (κ3) is 6.88. The van der Waals surface area contributed by atoms with Gasteiger partial charge < -0.3 is 4.74 Å². The summed E-state index contributed by atoms with van der Waals surface area (Å²) in [6, 6.07) is 17.7. The predicted molar refractivity (Wildman–Crippen MR) is 120 cm³/mol. The number of hydrogen-bond donors (Lipinski definition) is 1. The van der Waals surface area contributed by atoms with Crippen molar-refractivity contribution < 1.29 is 9.53 Å². The Kier molecular flexibility index (Phi) is 8.09. The molecule has 0 bridgehead atoms. The number of benzene rings is 2. The first kappa shape index (κ1) is 21.4. The van der Waals surface area contributed by atoms with Crippen molar-refractivity contribution in [3.05, 3.63) is 65.7 Å². The van der Waals surface area contributed by atoms with Gasteiger partial charge in [-0.05, 0) is 42.3 Å². The molecule has 1 heterocycles. The molecule has 0 aliphatic carbocycles. The van der Waals surface area contributed by atoms with Gasteiger partial charge >= 0.3 is 0 Å². The lowest BCUT2D eigenvalue weighted by Gasteiger charge is -2.04. The molecule has 0 radical (unpaired) electrons. The van der Waals surface area contributed by atoms with E-state index in [2.05, 4.69) is 32.9 Å². The van der Waals surface area contributed by atoms with Crippen LogP contribution in [-0.4, -0.2) is 34.7 Å². The first-order valence-electron chi connectivity index (χ1n) is 8.74. The molecule has 0 spiro atoms. The molecule has 3 aromatic rings. The summed E-state index contributed by atoms with van der Waals surface area (Å²) in [6.45, 7) is 1.84. The number of thioether (sulfide) groups is 2. The van der Waals surface area contributed by atoms with E-state index in [1.54, 1.807) is 18.9 Å². The van der Waals surface area contributed by atoms with E-state index in [1.165, 1.54) is 28.7 Å². The molecule has 1 aromatic heterocycles. The standard InChI is InChI=1S/C20H20N4O2S3/c1-14(16-8-10-17(26-2)11-9-16)21-22-18(25)13-28-20-24-23-19(29-20)27-12-15-6-4-3-5-7-15/h3-11H,12-13H2,1-2H3,(H,22,25)/b21-14-. The van der Waals surface area contributed by atoms with E-state index in [0.29, 0.717) is 0 Å². The van der Waals surface area contributed by atoms with Crippen molar-refractivity contribution in [1.29, 1.82) is 0 Å². The van der Waals surface area contributed by atoms with Crippen molar-refractivity contribution in [2.45, 2.75) is 21.4 Å². The van der Waals surface area contributed by atoms with Crippen molar-refractivity contribution in [2.75, 3.05) is 12.9 Å². The minimum Gasteiger partial charge on any atom is -0.497 e. The molecule has 0 aliphatic heterocycles. The average molecular weight is 445 g/mol. The van der Waals surface area contributed by atoms with Gasteiger partial charge in [0.05, 0.1) is 18.6 Å². The summed E-state index contributed by atoms with van der Waals surface area (Å²) >= 11 is 4.50. The van der Waals surface area contributed by atoms with Crippen LogP contribution in [0.3, 0.4) is 0 Å². The van der Waals surface area contributed by atoms with Crippen LogP contribution in [0.4, 0.5) is 0 Å². The average Bonchev–Trinajstić information content (AvgIpc) is 3.23. The van der Waals surface area contributed by atoms with E-state index in [0.717, 1.165) is 31.5 Å².